The summed E-state index contributed by atoms with van der Waals surface area (Å²) in [5, 5.41) is 13.1. The third kappa shape index (κ3) is 5.52. The van der Waals surface area contributed by atoms with E-state index in [4.69, 9.17) is 0 Å². The van der Waals surface area contributed by atoms with E-state index in [1.165, 1.54) is 5.56 Å². The molecule has 5 heteroatoms. The Morgan fingerprint density at radius 1 is 1.35 bits per heavy atom. The highest BCUT2D eigenvalue weighted by atomic mass is 16.3. The standard InChI is InChI=1S/C18H29N3O2/c1-14(12-18(23)20(2)3)19-17-7-5-4-6-15(17)13-21-10-8-16(22)9-11-21/h4-7,14,16,19,22H,8-13H2,1-3H3. The third-order valence-electron chi connectivity index (χ3n) is 4.35. The van der Waals surface area contributed by atoms with Crippen LogP contribution in [0.15, 0.2) is 24.3 Å². The number of rotatable bonds is 6. The van der Waals surface area contributed by atoms with Crippen molar-refractivity contribution in [1.82, 2.24) is 9.80 Å². The molecule has 1 aromatic rings. The summed E-state index contributed by atoms with van der Waals surface area (Å²) in [6, 6.07) is 8.37. The maximum atomic E-state index is 11.8. The minimum Gasteiger partial charge on any atom is -0.393 e. The fraction of sp³-hybridized carbons (Fsp3) is 0.611. The third-order valence-corrected chi connectivity index (χ3v) is 4.35. The van der Waals surface area contributed by atoms with Gasteiger partial charge in [-0.05, 0) is 31.4 Å². The van der Waals surface area contributed by atoms with Gasteiger partial charge in [0, 0.05) is 51.9 Å². The van der Waals surface area contributed by atoms with Gasteiger partial charge in [-0.2, -0.15) is 0 Å². The summed E-state index contributed by atoms with van der Waals surface area (Å²) in [5.41, 5.74) is 2.34. The number of benzene rings is 1. The van der Waals surface area contributed by atoms with Crippen LogP contribution in [0.3, 0.4) is 0 Å². The van der Waals surface area contributed by atoms with E-state index in [9.17, 15) is 9.90 Å². The second-order valence-corrected chi connectivity index (χ2v) is 6.70. The summed E-state index contributed by atoms with van der Waals surface area (Å²) in [7, 11) is 3.57. The zero-order valence-corrected chi connectivity index (χ0v) is 14.5. The molecular weight excluding hydrogens is 290 g/mol. The zero-order valence-electron chi connectivity index (χ0n) is 14.5. The Balaban J connectivity index is 1.95. The SMILES string of the molecule is CC(CC(=O)N(C)C)Nc1ccccc1CN1CCC(O)CC1. The van der Waals surface area contributed by atoms with Crippen LogP contribution in [0.5, 0.6) is 0 Å². The lowest BCUT2D eigenvalue weighted by Crippen LogP contribution is -2.35. The molecule has 0 spiro atoms. The Hall–Kier alpha value is -1.59. The molecule has 0 aliphatic carbocycles. The maximum Gasteiger partial charge on any atom is 0.224 e. The van der Waals surface area contributed by atoms with Gasteiger partial charge in [-0.3, -0.25) is 9.69 Å². The summed E-state index contributed by atoms with van der Waals surface area (Å²) in [4.78, 5) is 15.8. The predicted molar refractivity (Wildman–Crippen MR) is 93.4 cm³/mol. The molecule has 0 radical (unpaired) electrons. The molecule has 2 rings (SSSR count). The largest absolute Gasteiger partial charge is 0.393 e. The van der Waals surface area contributed by atoms with E-state index in [0.717, 1.165) is 38.2 Å². The topological polar surface area (TPSA) is 55.8 Å². The number of nitrogens with one attached hydrogen (secondary N) is 1. The van der Waals surface area contributed by atoms with Crippen molar-refractivity contribution in [3.05, 3.63) is 29.8 Å². The van der Waals surface area contributed by atoms with Gasteiger partial charge in [0.1, 0.15) is 0 Å². The number of para-hydroxylation sites is 1. The van der Waals surface area contributed by atoms with Gasteiger partial charge in [0.05, 0.1) is 6.10 Å². The number of aliphatic hydroxyl groups is 1. The number of carbonyl (C=O) groups is 1. The van der Waals surface area contributed by atoms with Crippen LogP contribution < -0.4 is 5.32 Å². The number of anilines is 1. The van der Waals surface area contributed by atoms with Gasteiger partial charge in [-0.15, -0.1) is 0 Å². The number of carbonyl (C=O) groups excluding carboxylic acids is 1. The molecule has 1 atom stereocenters. The van der Waals surface area contributed by atoms with E-state index in [1.54, 1.807) is 19.0 Å². The molecule has 1 amide bonds. The van der Waals surface area contributed by atoms with Crippen LogP contribution in [0, 0.1) is 0 Å². The number of aliphatic hydroxyl groups excluding tert-OH is 1. The van der Waals surface area contributed by atoms with E-state index in [2.05, 4.69) is 28.4 Å². The molecule has 1 saturated heterocycles. The number of piperidine rings is 1. The molecule has 2 N–H and O–H groups in total. The first-order valence-electron chi connectivity index (χ1n) is 8.40. The van der Waals surface area contributed by atoms with Crippen LogP contribution in [0.1, 0.15) is 31.7 Å². The van der Waals surface area contributed by atoms with Crippen molar-refractivity contribution in [1.29, 1.82) is 0 Å². The summed E-state index contributed by atoms with van der Waals surface area (Å²) in [6.07, 6.45) is 2.04. The first-order chi connectivity index (χ1) is 11.0. The van der Waals surface area contributed by atoms with Gasteiger partial charge in [-0.25, -0.2) is 0 Å². The number of nitrogens with zero attached hydrogens (tertiary/aromatic N) is 2. The molecule has 0 aromatic heterocycles. The van der Waals surface area contributed by atoms with Crippen molar-refractivity contribution in [2.75, 3.05) is 32.5 Å². The monoisotopic (exact) mass is 319 g/mol. The quantitative estimate of drug-likeness (QED) is 0.841. The molecule has 1 aromatic carbocycles. The Labute approximate surface area is 139 Å². The molecule has 1 fully saturated rings. The fourth-order valence-corrected chi connectivity index (χ4v) is 2.88. The van der Waals surface area contributed by atoms with Gasteiger partial charge in [-0.1, -0.05) is 18.2 Å². The lowest BCUT2D eigenvalue weighted by Gasteiger charge is -2.30. The summed E-state index contributed by atoms with van der Waals surface area (Å²) in [6.45, 7) is 4.79. The first-order valence-corrected chi connectivity index (χ1v) is 8.40. The van der Waals surface area contributed by atoms with Crippen LogP contribution in [0.25, 0.3) is 0 Å². The number of hydrogen-bond acceptors (Lipinski definition) is 4. The number of hydrogen-bond donors (Lipinski definition) is 2. The lowest BCUT2D eigenvalue weighted by molar-refractivity contribution is -0.128. The van der Waals surface area contributed by atoms with Crippen LogP contribution in [-0.4, -0.2) is 60.1 Å². The Bertz CT molecular complexity index is 511. The molecule has 1 heterocycles. The van der Waals surface area contributed by atoms with Gasteiger partial charge in [0.15, 0.2) is 0 Å². The van der Waals surface area contributed by atoms with Crippen molar-refractivity contribution >= 4 is 11.6 Å². The zero-order chi connectivity index (χ0) is 16.8. The van der Waals surface area contributed by atoms with Gasteiger partial charge in [0.25, 0.3) is 0 Å². The highest BCUT2D eigenvalue weighted by Crippen LogP contribution is 2.21. The Morgan fingerprint density at radius 2 is 2.00 bits per heavy atom. The first kappa shape index (κ1) is 17.8. The number of amides is 1. The van der Waals surface area contributed by atoms with Crippen molar-refractivity contribution in [3.8, 4) is 0 Å². The van der Waals surface area contributed by atoms with Crippen molar-refractivity contribution < 1.29 is 9.90 Å². The van der Waals surface area contributed by atoms with Crippen LogP contribution in [0.4, 0.5) is 5.69 Å². The van der Waals surface area contributed by atoms with Gasteiger partial charge >= 0.3 is 0 Å². The van der Waals surface area contributed by atoms with E-state index in [0.29, 0.717) is 6.42 Å². The van der Waals surface area contributed by atoms with E-state index < -0.39 is 0 Å². The summed E-state index contributed by atoms with van der Waals surface area (Å²) < 4.78 is 0. The fourth-order valence-electron chi connectivity index (χ4n) is 2.88. The van der Waals surface area contributed by atoms with E-state index >= 15 is 0 Å². The maximum absolute atomic E-state index is 11.8. The van der Waals surface area contributed by atoms with Crippen LogP contribution in [0.2, 0.25) is 0 Å². The average molecular weight is 319 g/mol. The minimum absolute atomic E-state index is 0.0919. The van der Waals surface area contributed by atoms with Crippen molar-refractivity contribution in [2.45, 2.75) is 44.9 Å². The molecule has 128 valence electrons. The van der Waals surface area contributed by atoms with Gasteiger partial charge in [0.2, 0.25) is 5.91 Å². The smallest absolute Gasteiger partial charge is 0.224 e. The normalized spacial score (nSPS) is 17.7. The second-order valence-electron chi connectivity index (χ2n) is 6.70. The second kappa shape index (κ2) is 8.31. The van der Waals surface area contributed by atoms with Crippen LogP contribution >= 0.6 is 0 Å². The lowest BCUT2D eigenvalue weighted by atomic mass is 10.1. The van der Waals surface area contributed by atoms with Crippen molar-refractivity contribution in [3.63, 3.8) is 0 Å². The molecule has 23 heavy (non-hydrogen) atoms. The highest BCUT2D eigenvalue weighted by Gasteiger charge is 2.18. The molecule has 0 saturated carbocycles. The molecule has 1 aliphatic rings. The highest BCUT2D eigenvalue weighted by molar-refractivity contribution is 5.76. The molecule has 1 unspecified atom stereocenters. The molecule has 0 bridgehead atoms. The average Bonchev–Trinajstić information content (AvgIpc) is 2.51. The number of likely N-dealkylation sites (tertiary alicyclic amines) is 1. The Morgan fingerprint density at radius 3 is 2.65 bits per heavy atom. The molecule has 5 nitrogen and oxygen atoms in total. The molecule has 1 aliphatic heterocycles. The predicted octanol–water partition coefficient (Wildman–Crippen LogP) is 1.92. The van der Waals surface area contributed by atoms with Gasteiger partial charge < -0.3 is 15.3 Å². The van der Waals surface area contributed by atoms with E-state index in [-0.39, 0.29) is 18.1 Å². The van der Waals surface area contributed by atoms with Crippen LogP contribution in [-0.2, 0) is 11.3 Å². The summed E-state index contributed by atoms with van der Waals surface area (Å²) in [5.74, 6) is 0.132. The Kier molecular flexibility index (Phi) is 6.42. The minimum atomic E-state index is -0.142. The van der Waals surface area contributed by atoms with E-state index in [1.807, 2.05) is 13.0 Å². The molecular formula is C18H29N3O2. The summed E-state index contributed by atoms with van der Waals surface area (Å²) >= 11 is 0. The van der Waals surface area contributed by atoms with Crippen molar-refractivity contribution in [2.24, 2.45) is 0 Å².